The maximum Gasteiger partial charge on any atom is 0.328 e. The normalized spacial score (nSPS) is 10.9. The van der Waals surface area contributed by atoms with Crippen LogP contribution in [0.15, 0.2) is 23.1 Å². The van der Waals surface area contributed by atoms with E-state index in [-0.39, 0.29) is 4.90 Å². The molecule has 6 nitrogen and oxygen atoms in total. The van der Waals surface area contributed by atoms with Crippen LogP contribution in [0.25, 0.3) is 0 Å². The SMILES string of the molecule is CNC(=O)NS(=O)(=O)c1ccc(N)cc1C. The van der Waals surface area contributed by atoms with Crippen LogP contribution in [0.2, 0.25) is 0 Å². The lowest BCUT2D eigenvalue weighted by Gasteiger charge is -2.09. The molecule has 0 aromatic heterocycles. The largest absolute Gasteiger partial charge is 0.399 e. The van der Waals surface area contributed by atoms with Gasteiger partial charge in [-0.3, -0.25) is 0 Å². The summed E-state index contributed by atoms with van der Waals surface area (Å²) in [5, 5.41) is 2.17. The molecule has 1 aromatic rings. The van der Waals surface area contributed by atoms with Crippen molar-refractivity contribution in [1.29, 1.82) is 0 Å². The first kappa shape index (κ1) is 12.3. The molecule has 0 aliphatic carbocycles. The first-order chi connectivity index (χ1) is 7.36. The molecule has 0 radical (unpaired) electrons. The molecule has 0 heterocycles. The Hall–Kier alpha value is -1.76. The van der Waals surface area contributed by atoms with E-state index < -0.39 is 16.1 Å². The fraction of sp³-hybridized carbons (Fsp3) is 0.222. The van der Waals surface area contributed by atoms with Gasteiger partial charge in [0.25, 0.3) is 10.0 Å². The van der Waals surface area contributed by atoms with Gasteiger partial charge in [0.1, 0.15) is 0 Å². The summed E-state index contributed by atoms with van der Waals surface area (Å²) in [6, 6.07) is 3.57. The summed E-state index contributed by atoms with van der Waals surface area (Å²) in [4.78, 5) is 11.0. The van der Waals surface area contributed by atoms with Gasteiger partial charge in [0, 0.05) is 12.7 Å². The molecule has 0 aliphatic rings. The third-order valence-corrected chi connectivity index (χ3v) is 3.43. The fourth-order valence-corrected chi connectivity index (χ4v) is 2.39. The number of amides is 2. The van der Waals surface area contributed by atoms with Crippen molar-refractivity contribution < 1.29 is 13.2 Å². The summed E-state index contributed by atoms with van der Waals surface area (Å²) >= 11 is 0. The van der Waals surface area contributed by atoms with Gasteiger partial charge >= 0.3 is 6.03 Å². The summed E-state index contributed by atoms with van der Waals surface area (Å²) in [5.41, 5.74) is 6.46. The number of nitrogens with two attached hydrogens (primary N) is 1. The highest BCUT2D eigenvalue weighted by molar-refractivity contribution is 7.90. The maximum atomic E-state index is 11.7. The van der Waals surface area contributed by atoms with Gasteiger partial charge in [-0.2, -0.15) is 0 Å². The number of nitrogen functional groups attached to an aromatic ring is 1. The van der Waals surface area contributed by atoms with E-state index in [1.807, 2.05) is 4.72 Å². The van der Waals surface area contributed by atoms with Crippen LogP contribution in [0, 0.1) is 6.92 Å². The molecular formula is C9H13N3O3S. The highest BCUT2D eigenvalue weighted by atomic mass is 32.2. The number of aryl methyl sites for hydroxylation is 1. The molecular weight excluding hydrogens is 230 g/mol. The lowest BCUT2D eigenvalue weighted by Crippen LogP contribution is -2.37. The van der Waals surface area contributed by atoms with Crippen molar-refractivity contribution in [3.63, 3.8) is 0 Å². The molecule has 16 heavy (non-hydrogen) atoms. The van der Waals surface area contributed by atoms with Crippen LogP contribution in [0.4, 0.5) is 10.5 Å². The quantitative estimate of drug-likeness (QED) is 0.645. The second-order valence-corrected chi connectivity index (χ2v) is 4.86. The monoisotopic (exact) mass is 243 g/mol. The number of urea groups is 1. The lowest BCUT2D eigenvalue weighted by atomic mass is 10.2. The molecule has 7 heteroatoms. The molecule has 1 aromatic carbocycles. The van der Waals surface area contributed by atoms with E-state index in [0.29, 0.717) is 11.3 Å². The molecule has 0 spiro atoms. The van der Waals surface area contributed by atoms with Gasteiger partial charge in [-0.25, -0.2) is 17.9 Å². The standard InChI is InChI=1S/C9H13N3O3S/c1-6-5-7(10)3-4-8(6)16(14,15)12-9(13)11-2/h3-5H,10H2,1-2H3,(H2,11,12,13). The Morgan fingerprint density at radius 1 is 1.38 bits per heavy atom. The Morgan fingerprint density at radius 2 is 2.00 bits per heavy atom. The van der Waals surface area contributed by atoms with E-state index in [2.05, 4.69) is 5.32 Å². The highest BCUT2D eigenvalue weighted by Gasteiger charge is 2.18. The number of hydrogen-bond donors (Lipinski definition) is 3. The van der Waals surface area contributed by atoms with E-state index in [0.717, 1.165) is 0 Å². The van der Waals surface area contributed by atoms with Crippen LogP contribution in [-0.2, 0) is 10.0 Å². The van der Waals surface area contributed by atoms with Crippen molar-refractivity contribution >= 4 is 21.7 Å². The maximum absolute atomic E-state index is 11.7. The van der Waals surface area contributed by atoms with E-state index in [9.17, 15) is 13.2 Å². The summed E-state index contributed by atoms with van der Waals surface area (Å²) in [7, 11) is -2.50. The van der Waals surface area contributed by atoms with Gasteiger partial charge in [-0.1, -0.05) is 0 Å². The number of carbonyl (C=O) groups is 1. The average molecular weight is 243 g/mol. The minimum Gasteiger partial charge on any atom is -0.399 e. The van der Waals surface area contributed by atoms with Crippen LogP contribution < -0.4 is 15.8 Å². The molecule has 0 bridgehead atoms. The molecule has 1 rings (SSSR count). The zero-order valence-corrected chi connectivity index (χ0v) is 9.76. The van der Waals surface area contributed by atoms with Gasteiger partial charge in [-0.15, -0.1) is 0 Å². The second kappa shape index (κ2) is 4.40. The van der Waals surface area contributed by atoms with Crippen LogP contribution in [0.1, 0.15) is 5.56 Å². The van der Waals surface area contributed by atoms with Gasteiger partial charge in [0.15, 0.2) is 0 Å². The molecule has 0 unspecified atom stereocenters. The van der Waals surface area contributed by atoms with Gasteiger partial charge in [0.05, 0.1) is 4.90 Å². The van der Waals surface area contributed by atoms with E-state index in [1.165, 1.54) is 25.2 Å². The van der Waals surface area contributed by atoms with Crippen LogP contribution >= 0.6 is 0 Å². The number of hydrogen-bond acceptors (Lipinski definition) is 4. The Balaban J connectivity index is 3.13. The Morgan fingerprint density at radius 3 is 2.50 bits per heavy atom. The topological polar surface area (TPSA) is 101 Å². The number of sulfonamides is 1. The van der Waals surface area contributed by atoms with Crippen molar-refractivity contribution in [3.05, 3.63) is 23.8 Å². The van der Waals surface area contributed by atoms with Crippen LogP contribution in [0.3, 0.4) is 0 Å². The fourth-order valence-electron chi connectivity index (χ4n) is 1.20. The average Bonchev–Trinajstić information content (AvgIpc) is 2.16. The van der Waals surface area contributed by atoms with Gasteiger partial charge in [-0.05, 0) is 30.7 Å². The molecule has 2 amide bonds. The lowest BCUT2D eigenvalue weighted by molar-refractivity contribution is 0.248. The third kappa shape index (κ3) is 2.63. The summed E-state index contributed by atoms with van der Waals surface area (Å²) in [5.74, 6) is 0. The minimum absolute atomic E-state index is 0.0327. The number of benzene rings is 1. The zero-order valence-electron chi connectivity index (χ0n) is 8.94. The smallest absolute Gasteiger partial charge is 0.328 e. The number of anilines is 1. The van der Waals surface area contributed by atoms with Crippen molar-refractivity contribution in [2.75, 3.05) is 12.8 Å². The van der Waals surface area contributed by atoms with E-state index in [4.69, 9.17) is 5.73 Å². The minimum atomic E-state index is -3.84. The molecule has 0 saturated carbocycles. The number of rotatable bonds is 2. The van der Waals surface area contributed by atoms with Crippen LogP contribution in [-0.4, -0.2) is 21.5 Å². The van der Waals surface area contributed by atoms with Crippen molar-refractivity contribution in [3.8, 4) is 0 Å². The van der Waals surface area contributed by atoms with Crippen molar-refractivity contribution in [1.82, 2.24) is 10.0 Å². The predicted molar refractivity (Wildman–Crippen MR) is 60.4 cm³/mol. The summed E-state index contributed by atoms with van der Waals surface area (Å²) in [6.45, 7) is 1.61. The van der Waals surface area contributed by atoms with E-state index in [1.54, 1.807) is 6.92 Å². The number of carbonyl (C=O) groups excluding carboxylic acids is 1. The molecule has 4 N–H and O–H groups in total. The molecule has 0 aliphatic heterocycles. The van der Waals surface area contributed by atoms with Crippen molar-refractivity contribution in [2.24, 2.45) is 0 Å². The first-order valence-electron chi connectivity index (χ1n) is 4.47. The van der Waals surface area contributed by atoms with Gasteiger partial charge in [0.2, 0.25) is 0 Å². The first-order valence-corrected chi connectivity index (χ1v) is 5.96. The summed E-state index contributed by atoms with van der Waals surface area (Å²) < 4.78 is 25.3. The Bertz CT molecular complexity index is 511. The molecule has 0 saturated heterocycles. The third-order valence-electron chi connectivity index (χ3n) is 1.94. The van der Waals surface area contributed by atoms with Crippen LogP contribution in [0.5, 0.6) is 0 Å². The summed E-state index contributed by atoms with van der Waals surface area (Å²) in [6.07, 6.45) is 0. The zero-order chi connectivity index (χ0) is 12.3. The van der Waals surface area contributed by atoms with Gasteiger partial charge < -0.3 is 11.1 Å². The van der Waals surface area contributed by atoms with Crippen molar-refractivity contribution in [2.45, 2.75) is 11.8 Å². The Labute approximate surface area is 93.9 Å². The molecule has 88 valence electrons. The molecule has 0 fully saturated rings. The predicted octanol–water partition coefficient (Wildman–Crippen LogP) is 0.195. The Kier molecular flexibility index (Phi) is 3.38. The second-order valence-electron chi connectivity index (χ2n) is 3.21. The molecule has 0 atom stereocenters. The highest BCUT2D eigenvalue weighted by Crippen LogP contribution is 2.17. The van der Waals surface area contributed by atoms with E-state index >= 15 is 0 Å². The number of nitrogens with one attached hydrogen (secondary N) is 2.